The van der Waals surface area contributed by atoms with Gasteiger partial charge in [-0.1, -0.05) is 24.3 Å². The molecule has 0 aliphatic carbocycles. The van der Waals surface area contributed by atoms with Crippen LogP contribution in [0.4, 0.5) is 10.1 Å². The molecule has 0 fully saturated rings. The van der Waals surface area contributed by atoms with Gasteiger partial charge in [0, 0.05) is 17.3 Å². The van der Waals surface area contributed by atoms with Crippen LogP contribution in [0.15, 0.2) is 42.5 Å². The van der Waals surface area contributed by atoms with Gasteiger partial charge in [-0.25, -0.2) is 4.39 Å². The molecule has 2 rings (SSSR count). The number of halogens is 1. The van der Waals surface area contributed by atoms with Crippen molar-refractivity contribution in [1.29, 1.82) is 0 Å². The summed E-state index contributed by atoms with van der Waals surface area (Å²) in [5, 5.41) is 0. The van der Waals surface area contributed by atoms with Crippen LogP contribution < -0.4 is 5.73 Å². The van der Waals surface area contributed by atoms with Crippen LogP contribution in [0, 0.1) is 5.82 Å². The van der Waals surface area contributed by atoms with Crippen molar-refractivity contribution in [1.82, 2.24) is 4.90 Å². The predicted molar refractivity (Wildman–Crippen MR) is 78.4 cm³/mol. The molecule has 0 aliphatic rings. The molecule has 1 unspecified atom stereocenters. The Hall–Kier alpha value is -1.87. The summed E-state index contributed by atoms with van der Waals surface area (Å²) >= 11 is 0. The van der Waals surface area contributed by atoms with Crippen molar-refractivity contribution in [2.24, 2.45) is 0 Å². The molecule has 0 heterocycles. The van der Waals surface area contributed by atoms with Gasteiger partial charge in [-0.2, -0.15) is 0 Å². The van der Waals surface area contributed by atoms with Crippen molar-refractivity contribution in [2.75, 3.05) is 19.8 Å². The highest BCUT2D eigenvalue weighted by Crippen LogP contribution is 2.26. The monoisotopic (exact) mass is 258 g/mol. The Bertz CT molecular complexity index is 561. The topological polar surface area (TPSA) is 29.3 Å². The standard InChI is InChI=1S/C16H19FN2/c1-11(19(2)3)12-4-6-13(7-5-12)15-9-8-14(18)10-16(15)17/h4-11H,18H2,1-3H3. The van der Waals surface area contributed by atoms with Gasteiger partial charge in [-0.3, -0.25) is 0 Å². The highest BCUT2D eigenvalue weighted by atomic mass is 19.1. The molecule has 0 radical (unpaired) electrons. The Kier molecular flexibility index (Phi) is 3.86. The van der Waals surface area contributed by atoms with E-state index in [4.69, 9.17) is 5.73 Å². The van der Waals surface area contributed by atoms with E-state index in [9.17, 15) is 4.39 Å². The molecule has 19 heavy (non-hydrogen) atoms. The second-order valence-corrected chi connectivity index (χ2v) is 5.00. The number of anilines is 1. The maximum Gasteiger partial charge on any atom is 0.133 e. The van der Waals surface area contributed by atoms with Gasteiger partial charge in [-0.05, 0) is 50.3 Å². The van der Waals surface area contributed by atoms with Crippen molar-refractivity contribution in [3.05, 3.63) is 53.8 Å². The summed E-state index contributed by atoms with van der Waals surface area (Å²) in [6, 6.07) is 13.1. The van der Waals surface area contributed by atoms with Gasteiger partial charge in [0.1, 0.15) is 5.82 Å². The lowest BCUT2D eigenvalue weighted by atomic mass is 10.0. The third-order valence-electron chi connectivity index (χ3n) is 3.47. The number of rotatable bonds is 3. The summed E-state index contributed by atoms with van der Waals surface area (Å²) in [5.74, 6) is -0.284. The van der Waals surface area contributed by atoms with Crippen LogP contribution in [-0.4, -0.2) is 19.0 Å². The number of benzene rings is 2. The third-order valence-corrected chi connectivity index (χ3v) is 3.47. The van der Waals surface area contributed by atoms with Crippen molar-refractivity contribution in [2.45, 2.75) is 13.0 Å². The molecule has 0 aromatic heterocycles. The molecule has 3 heteroatoms. The van der Waals surface area contributed by atoms with Crippen molar-refractivity contribution >= 4 is 5.69 Å². The first-order valence-electron chi connectivity index (χ1n) is 6.31. The van der Waals surface area contributed by atoms with Gasteiger partial charge < -0.3 is 10.6 Å². The Balaban J connectivity index is 2.32. The van der Waals surface area contributed by atoms with E-state index in [-0.39, 0.29) is 5.82 Å². The largest absolute Gasteiger partial charge is 0.399 e. The Morgan fingerprint density at radius 2 is 1.68 bits per heavy atom. The van der Waals surface area contributed by atoms with Crippen LogP contribution in [0.25, 0.3) is 11.1 Å². The Labute approximate surface area is 113 Å². The normalized spacial score (nSPS) is 12.7. The van der Waals surface area contributed by atoms with Gasteiger partial charge in [0.25, 0.3) is 0 Å². The molecule has 0 spiro atoms. The molecular weight excluding hydrogens is 239 g/mol. The summed E-state index contributed by atoms with van der Waals surface area (Å²) in [4.78, 5) is 2.14. The quantitative estimate of drug-likeness (QED) is 0.851. The summed E-state index contributed by atoms with van der Waals surface area (Å²) < 4.78 is 13.8. The van der Waals surface area contributed by atoms with Crippen LogP contribution in [0.3, 0.4) is 0 Å². The summed E-state index contributed by atoms with van der Waals surface area (Å²) in [6.45, 7) is 2.14. The number of hydrogen-bond donors (Lipinski definition) is 1. The van der Waals surface area contributed by atoms with Gasteiger partial charge in [0.15, 0.2) is 0 Å². The van der Waals surface area contributed by atoms with E-state index in [1.165, 1.54) is 11.6 Å². The highest BCUT2D eigenvalue weighted by Gasteiger charge is 2.09. The molecule has 1 atom stereocenters. The second-order valence-electron chi connectivity index (χ2n) is 5.00. The lowest BCUT2D eigenvalue weighted by Gasteiger charge is -2.20. The molecule has 0 saturated carbocycles. The van der Waals surface area contributed by atoms with Gasteiger partial charge in [-0.15, -0.1) is 0 Å². The molecule has 100 valence electrons. The Morgan fingerprint density at radius 3 is 2.21 bits per heavy atom. The zero-order chi connectivity index (χ0) is 14.0. The minimum atomic E-state index is -0.284. The van der Waals surface area contributed by atoms with Crippen LogP contribution in [-0.2, 0) is 0 Å². The predicted octanol–water partition coefficient (Wildman–Crippen LogP) is 3.70. The van der Waals surface area contributed by atoms with Crippen LogP contribution in [0.1, 0.15) is 18.5 Å². The summed E-state index contributed by atoms with van der Waals surface area (Å²) in [7, 11) is 4.08. The highest BCUT2D eigenvalue weighted by molar-refractivity contribution is 5.66. The number of nitrogens with two attached hydrogens (primary N) is 1. The average Bonchev–Trinajstić information content (AvgIpc) is 2.38. The molecular formula is C16H19FN2. The van der Waals surface area contributed by atoms with E-state index in [0.29, 0.717) is 17.3 Å². The number of nitrogens with zero attached hydrogens (tertiary/aromatic N) is 1. The molecule has 0 amide bonds. The van der Waals surface area contributed by atoms with Crippen LogP contribution >= 0.6 is 0 Å². The Morgan fingerprint density at radius 1 is 1.05 bits per heavy atom. The average molecular weight is 258 g/mol. The van der Waals surface area contributed by atoms with Gasteiger partial charge >= 0.3 is 0 Å². The van der Waals surface area contributed by atoms with E-state index in [0.717, 1.165) is 5.56 Å². The maximum atomic E-state index is 13.8. The fourth-order valence-corrected chi connectivity index (χ4v) is 2.00. The van der Waals surface area contributed by atoms with Crippen molar-refractivity contribution < 1.29 is 4.39 Å². The fourth-order valence-electron chi connectivity index (χ4n) is 2.00. The fraction of sp³-hybridized carbons (Fsp3) is 0.250. The first-order valence-corrected chi connectivity index (χ1v) is 6.31. The lowest BCUT2D eigenvalue weighted by molar-refractivity contribution is 0.321. The molecule has 0 saturated heterocycles. The molecule has 0 bridgehead atoms. The van der Waals surface area contributed by atoms with Gasteiger partial charge in [0.2, 0.25) is 0 Å². The third kappa shape index (κ3) is 2.93. The van der Waals surface area contributed by atoms with Crippen molar-refractivity contribution in [3.63, 3.8) is 0 Å². The number of hydrogen-bond acceptors (Lipinski definition) is 2. The van der Waals surface area contributed by atoms with E-state index in [1.807, 2.05) is 38.4 Å². The van der Waals surface area contributed by atoms with Crippen LogP contribution in [0.5, 0.6) is 0 Å². The smallest absolute Gasteiger partial charge is 0.133 e. The van der Waals surface area contributed by atoms with Crippen LogP contribution in [0.2, 0.25) is 0 Å². The van der Waals surface area contributed by atoms with E-state index >= 15 is 0 Å². The molecule has 2 N–H and O–H groups in total. The number of nitrogen functional groups attached to an aromatic ring is 1. The van der Waals surface area contributed by atoms with E-state index in [2.05, 4.69) is 11.8 Å². The first kappa shape index (κ1) is 13.6. The minimum Gasteiger partial charge on any atom is -0.399 e. The zero-order valence-electron chi connectivity index (χ0n) is 11.5. The first-order chi connectivity index (χ1) is 8.99. The summed E-state index contributed by atoms with van der Waals surface area (Å²) in [5.41, 5.74) is 8.66. The molecule has 2 aromatic rings. The molecule has 2 aromatic carbocycles. The second kappa shape index (κ2) is 5.41. The minimum absolute atomic E-state index is 0.284. The van der Waals surface area contributed by atoms with Gasteiger partial charge in [0.05, 0.1) is 0 Å². The molecule has 2 nitrogen and oxygen atoms in total. The van der Waals surface area contributed by atoms with E-state index in [1.54, 1.807) is 12.1 Å². The SMILES string of the molecule is CC(c1ccc(-c2ccc(N)cc2F)cc1)N(C)C. The lowest BCUT2D eigenvalue weighted by Crippen LogP contribution is -2.16. The zero-order valence-corrected chi connectivity index (χ0v) is 11.5. The summed E-state index contributed by atoms with van der Waals surface area (Å²) in [6.07, 6.45) is 0. The molecule has 0 aliphatic heterocycles. The van der Waals surface area contributed by atoms with Crippen molar-refractivity contribution in [3.8, 4) is 11.1 Å². The maximum absolute atomic E-state index is 13.8. The van der Waals surface area contributed by atoms with E-state index < -0.39 is 0 Å².